The Morgan fingerprint density at radius 1 is 1.00 bits per heavy atom. The second kappa shape index (κ2) is 7.49. The molecular formula is C18H19O2. The number of ether oxygens (including phenoxy) is 1. The SMILES string of the molecule is CC(=O)CCc1ccc(OCCc2cc[c]cc2)cc1. The molecule has 0 spiro atoms. The summed E-state index contributed by atoms with van der Waals surface area (Å²) in [5, 5.41) is 0. The van der Waals surface area contributed by atoms with Gasteiger partial charge in [0.2, 0.25) is 0 Å². The van der Waals surface area contributed by atoms with Gasteiger partial charge < -0.3 is 9.53 Å². The maximum absolute atomic E-state index is 10.9. The number of carbonyl (C=O) groups excluding carboxylic acids is 1. The number of carbonyl (C=O) groups is 1. The monoisotopic (exact) mass is 267 g/mol. The molecule has 1 radical (unpaired) electrons. The summed E-state index contributed by atoms with van der Waals surface area (Å²) in [5.41, 5.74) is 2.42. The smallest absolute Gasteiger partial charge is 0.130 e. The van der Waals surface area contributed by atoms with Gasteiger partial charge in [-0.05, 0) is 42.7 Å². The van der Waals surface area contributed by atoms with Gasteiger partial charge in [-0.2, -0.15) is 0 Å². The quantitative estimate of drug-likeness (QED) is 0.765. The van der Waals surface area contributed by atoms with E-state index in [-0.39, 0.29) is 5.78 Å². The lowest BCUT2D eigenvalue weighted by Crippen LogP contribution is -2.01. The molecule has 2 nitrogen and oxygen atoms in total. The van der Waals surface area contributed by atoms with Crippen molar-refractivity contribution in [1.29, 1.82) is 0 Å². The van der Waals surface area contributed by atoms with Gasteiger partial charge in [0, 0.05) is 12.8 Å². The zero-order chi connectivity index (χ0) is 14.2. The lowest BCUT2D eigenvalue weighted by Gasteiger charge is -2.07. The fourth-order valence-electron chi connectivity index (χ4n) is 1.95. The lowest BCUT2D eigenvalue weighted by atomic mass is 10.1. The summed E-state index contributed by atoms with van der Waals surface area (Å²) in [6.07, 6.45) is 2.29. The molecule has 0 saturated carbocycles. The Morgan fingerprint density at radius 2 is 1.65 bits per heavy atom. The summed E-state index contributed by atoms with van der Waals surface area (Å²) in [4.78, 5) is 10.9. The molecule has 0 bridgehead atoms. The van der Waals surface area contributed by atoms with Crippen LogP contribution in [0.3, 0.4) is 0 Å². The van der Waals surface area contributed by atoms with Crippen LogP contribution in [0.25, 0.3) is 0 Å². The Morgan fingerprint density at radius 3 is 2.30 bits per heavy atom. The summed E-state index contributed by atoms with van der Waals surface area (Å²) in [6.45, 7) is 2.29. The fraction of sp³-hybridized carbons (Fsp3) is 0.278. The molecule has 0 unspecified atom stereocenters. The Balaban J connectivity index is 1.77. The number of Topliss-reactive ketones (excluding diaryl/α,β-unsaturated/α-hetero) is 1. The molecule has 0 heterocycles. The van der Waals surface area contributed by atoms with E-state index in [9.17, 15) is 4.79 Å². The topological polar surface area (TPSA) is 26.3 Å². The first-order valence-corrected chi connectivity index (χ1v) is 6.90. The average Bonchev–Trinajstić information content (AvgIpc) is 2.47. The van der Waals surface area contributed by atoms with Gasteiger partial charge in [-0.1, -0.05) is 36.4 Å². The molecule has 2 heteroatoms. The minimum atomic E-state index is 0.227. The first-order valence-electron chi connectivity index (χ1n) is 6.90. The molecule has 103 valence electrons. The molecule has 0 aromatic heterocycles. The molecule has 0 fully saturated rings. The Bertz CT molecular complexity index is 529. The Hall–Kier alpha value is -2.09. The van der Waals surface area contributed by atoms with E-state index < -0.39 is 0 Å². The van der Waals surface area contributed by atoms with E-state index in [4.69, 9.17) is 4.74 Å². The zero-order valence-electron chi connectivity index (χ0n) is 11.8. The maximum atomic E-state index is 10.9. The van der Waals surface area contributed by atoms with Crippen LogP contribution in [0.2, 0.25) is 0 Å². The number of hydrogen-bond acceptors (Lipinski definition) is 2. The highest BCUT2D eigenvalue weighted by Crippen LogP contribution is 2.14. The van der Waals surface area contributed by atoms with Crippen molar-refractivity contribution >= 4 is 5.78 Å². The normalized spacial score (nSPS) is 10.2. The van der Waals surface area contributed by atoms with Crippen LogP contribution in [0.1, 0.15) is 24.5 Å². The largest absolute Gasteiger partial charge is 0.493 e. The molecule has 0 amide bonds. The van der Waals surface area contributed by atoms with Gasteiger partial charge in [0.15, 0.2) is 0 Å². The van der Waals surface area contributed by atoms with Gasteiger partial charge >= 0.3 is 0 Å². The molecule has 0 aliphatic carbocycles. The highest BCUT2D eigenvalue weighted by molar-refractivity contribution is 5.75. The van der Waals surface area contributed by atoms with Crippen LogP contribution in [-0.4, -0.2) is 12.4 Å². The van der Waals surface area contributed by atoms with Crippen LogP contribution >= 0.6 is 0 Å². The van der Waals surface area contributed by atoms with E-state index >= 15 is 0 Å². The zero-order valence-corrected chi connectivity index (χ0v) is 11.8. The van der Waals surface area contributed by atoms with Crippen molar-refractivity contribution in [3.63, 3.8) is 0 Å². The van der Waals surface area contributed by atoms with E-state index in [1.807, 2.05) is 48.5 Å². The van der Waals surface area contributed by atoms with E-state index in [1.165, 1.54) is 11.1 Å². The maximum Gasteiger partial charge on any atom is 0.130 e. The first-order chi connectivity index (χ1) is 9.74. The highest BCUT2D eigenvalue weighted by Gasteiger charge is 1.99. The Kier molecular flexibility index (Phi) is 5.36. The number of aryl methyl sites for hydroxylation is 1. The van der Waals surface area contributed by atoms with Crippen molar-refractivity contribution in [2.45, 2.75) is 26.2 Å². The lowest BCUT2D eigenvalue weighted by molar-refractivity contribution is -0.116. The summed E-state index contributed by atoms with van der Waals surface area (Å²) in [6, 6.07) is 18.9. The summed E-state index contributed by atoms with van der Waals surface area (Å²) in [5.74, 6) is 1.10. The van der Waals surface area contributed by atoms with E-state index in [0.717, 1.165) is 18.6 Å². The molecule has 0 N–H and O–H groups in total. The van der Waals surface area contributed by atoms with Gasteiger partial charge in [0.1, 0.15) is 11.5 Å². The number of ketones is 1. The predicted molar refractivity (Wildman–Crippen MR) is 79.9 cm³/mol. The van der Waals surface area contributed by atoms with Crippen molar-refractivity contribution in [3.05, 3.63) is 65.7 Å². The highest BCUT2D eigenvalue weighted by atomic mass is 16.5. The van der Waals surface area contributed by atoms with Gasteiger partial charge in [0.25, 0.3) is 0 Å². The molecule has 2 aromatic rings. The Labute approximate surface area is 120 Å². The minimum Gasteiger partial charge on any atom is -0.493 e. The molecule has 0 aliphatic heterocycles. The van der Waals surface area contributed by atoms with Crippen molar-refractivity contribution in [1.82, 2.24) is 0 Å². The van der Waals surface area contributed by atoms with Crippen LogP contribution in [0.5, 0.6) is 5.75 Å². The van der Waals surface area contributed by atoms with Crippen molar-refractivity contribution in [2.75, 3.05) is 6.61 Å². The molecule has 2 rings (SSSR count). The van der Waals surface area contributed by atoms with Crippen LogP contribution in [0.4, 0.5) is 0 Å². The summed E-state index contributed by atoms with van der Waals surface area (Å²) in [7, 11) is 0. The first kappa shape index (κ1) is 14.3. The van der Waals surface area contributed by atoms with Gasteiger partial charge in [0.05, 0.1) is 6.61 Å². The molecular weight excluding hydrogens is 248 g/mol. The summed E-state index contributed by atoms with van der Waals surface area (Å²) >= 11 is 0. The van der Waals surface area contributed by atoms with Gasteiger partial charge in [-0.3, -0.25) is 0 Å². The minimum absolute atomic E-state index is 0.227. The van der Waals surface area contributed by atoms with E-state index in [0.29, 0.717) is 13.0 Å². The van der Waals surface area contributed by atoms with Crippen molar-refractivity contribution in [3.8, 4) is 5.75 Å². The van der Waals surface area contributed by atoms with Gasteiger partial charge in [-0.25, -0.2) is 0 Å². The van der Waals surface area contributed by atoms with E-state index in [2.05, 4.69) is 6.07 Å². The second-order valence-electron chi connectivity index (χ2n) is 4.85. The third-order valence-corrected chi connectivity index (χ3v) is 3.14. The fourth-order valence-corrected chi connectivity index (χ4v) is 1.95. The second-order valence-corrected chi connectivity index (χ2v) is 4.85. The number of benzene rings is 2. The van der Waals surface area contributed by atoms with Crippen LogP contribution < -0.4 is 4.74 Å². The standard InChI is InChI=1S/C18H19O2/c1-15(19)7-8-17-9-11-18(12-10-17)20-14-13-16-5-3-2-4-6-16/h3-6,9-12H,7-8,13-14H2,1H3. The summed E-state index contributed by atoms with van der Waals surface area (Å²) < 4.78 is 5.71. The number of rotatable bonds is 7. The van der Waals surface area contributed by atoms with Crippen LogP contribution in [0.15, 0.2) is 48.5 Å². The molecule has 20 heavy (non-hydrogen) atoms. The van der Waals surface area contributed by atoms with Crippen LogP contribution in [0, 0.1) is 6.07 Å². The molecule has 0 aliphatic rings. The molecule has 0 saturated heterocycles. The van der Waals surface area contributed by atoms with Crippen molar-refractivity contribution < 1.29 is 9.53 Å². The third kappa shape index (κ3) is 4.88. The third-order valence-electron chi connectivity index (χ3n) is 3.14. The predicted octanol–water partition coefficient (Wildman–Crippen LogP) is 3.63. The van der Waals surface area contributed by atoms with Crippen molar-refractivity contribution in [2.24, 2.45) is 0 Å². The average molecular weight is 267 g/mol. The van der Waals surface area contributed by atoms with E-state index in [1.54, 1.807) is 6.92 Å². The van der Waals surface area contributed by atoms with Crippen LogP contribution in [-0.2, 0) is 17.6 Å². The molecule has 2 aromatic carbocycles. The molecule has 0 atom stereocenters. The van der Waals surface area contributed by atoms with Gasteiger partial charge in [-0.15, -0.1) is 0 Å². The number of hydrogen-bond donors (Lipinski definition) is 0.